The fourth-order valence-corrected chi connectivity index (χ4v) is 4.42. The van der Waals surface area contributed by atoms with Crippen LogP contribution in [-0.4, -0.2) is 70.7 Å². The van der Waals surface area contributed by atoms with Crippen molar-refractivity contribution in [2.24, 2.45) is 0 Å². The molecule has 0 amide bonds. The molecule has 0 bridgehead atoms. The van der Waals surface area contributed by atoms with Gasteiger partial charge in [-0.05, 0) is 42.3 Å². The van der Waals surface area contributed by atoms with Crippen LogP contribution in [0.2, 0.25) is 0 Å². The maximum atomic E-state index is 11.1. The standard InChI is InChI=1S/C24H27N7O2/c1-29-8-10-30(11-9-29)21-13-22(28-24(25)27-21)31-7-6-16-2-3-17(12-19(16)15-31)18-4-5-20(23(32)33)26-14-18/h2-5,12-14H,6-11,15H2,1H3,(H,32,33)(H2,25,27,28). The summed E-state index contributed by atoms with van der Waals surface area (Å²) in [6.07, 6.45) is 2.53. The maximum Gasteiger partial charge on any atom is 0.354 e. The van der Waals surface area contributed by atoms with Crippen molar-refractivity contribution in [3.8, 4) is 11.1 Å². The molecule has 2 aromatic heterocycles. The highest BCUT2D eigenvalue weighted by atomic mass is 16.4. The van der Waals surface area contributed by atoms with Crippen LogP contribution in [-0.2, 0) is 13.0 Å². The van der Waals surface area contributed by atoms with Crippen LogP contribution in [0.3, 0.4) is 0 Å². The first-order chi connectivity index (χ1) is 16.0. The number of aromatic nitrogens is 3. The van der Waals surface area contributed by atoms with E-state index in [0.29, 0.717) is 5.95 Å². The number of pyridine rings is 1. The third-order valence-electron chi connectivity index (χ3n) is 6.40. The molecule has 4 heterocycles. The highest BCUT2D eigenvalue weighted by Gasteiger charge is 2.22. The Morgan fingerprint density at radius 3 is 2.33 bits per heavy atom. The Hall–Kier alpha value is -3.72. The predicted octanol–water partition coefficient (Wildman–Crippen LogP) is 2.13. The first kappa shape index (κ1) is 21.1. The van der Waals surface area contributed by atoms with Gasteiger partial charge in [-0.15, -0.1) is 0 Å². The van der Waals surface area contributed by atoms with E-state index in [9.17, 15) is 4.79 Å². The van der Waals surface area contributed by atoms with E-state index >= 15 is 0 Å². The molecule has 170 valence electrons. The van der Waals surface area contributed by atoms with Crippen molar-refractivity contribution in [3.05, 3.63) is 59.4 Å². The SMILES string of the molecule is CN1CCN(c2cc(N3CCc4ccc(-c5ccc(C(=O)O)nc5)cc4C3)nc(N)n2)CC1. The summed E-state index contributed by atoms with van der Waals surface area (Å²) in [4.78, 5) is 31.0. The molecule has 0 spiro atoms. The maximum absolute atomic E-state index is 11.1. The van der Waals surface area contributed by atoms with E-state index in [1.807, 2.05) is 6.07 Å². The first-order valence-corrected chi connectivity index (χ1v) is 11.1. The molecule has 9 nitrogen and oxygen atoms in total. The molecule has 2 aliphatic heterocycles. The van der Waals surface area contributed by atoms with Crippen molar-refractivity contribution in [2.75, 3.05) is 55.3 Å². The number of benzene rings is 1. The molecule has 0 radical (unpaired) electrons. The second-order valence-electron chi connectivity index (χ2n) is 8.63. The van der Waals surface area contributed by atoms with Gasteiger partial charge in [-0.25, -0.2) is 9.78 Å². The number of rotatable bonds is 4. The Bertz CT molecular complexity index is 1170. The molecule has 3 N–H and O–H groups in total. The fourth-order valence-electron chi connectivity index (χ4n) is 4.42. The van der Waals surface area contributed by atoms with Gasteiger partial charge in [0.15, 0.2) is 0 Å². The monoisotopic (exact) mass is 445 g/mol. The van der Waals surface area contributed by atoms with Crippen molar-refractivity contribution in [1.29, 1.82) is 0 Å². The zero-order valence-corrected chi connectivity index (χ0v) is 18.6. The molecule has 1 saturated heterocycles. The number of nitrogen functional groups attached to an aromatic ring is 1. The molecule has 3 aromatic rings. The molecular formula is C24H27N7O2. The lowest BCUT2D eigenvalue weighted by atomic mass is 9.95. The van der Waals surface area contributed by atoms with Crippen LogP contribution >= 0.6 is 0 Å². The van der Waals surface area contributed by atoms with E-state index in [-0.39, 0.29) is 5.69 Å². The van der Waals surface area contributed by atoms with E-state index in [1.165, 1.54) is 17.2 Å². The van der Waals surface area contributed by atoms with E-state index in [4.69, 9.17) is 10.8 Å². The van der Waals surface area contributed by atoms with Gasteiger partial charge in [-0.1, -0.05) is 18.2 Å². The summed E-state index contributed by atoms with van der Waals surface area (Å²) >= 11 is 0. The first-order valence-electron chi connectivity index (χ1n) is 11.1. The van der Waals surface area contributed by atoms with Crippen LogP contribution in [0.1, 0.15) is 21.6 Å². The number of hydrogen-bond acceptors (Lipinski definition) is 8. The van der Waals surface area contributed by atoms with Gasteiger partial charge >= 0.3 is 5.97 Å². The van der Waals surface area contributed by atoms with Crippen molar-refractivity contribution < 1.29 is 9.90 Å². The second kappa shape index (κ2) is 8.67. The molecule has 0 saturated carbocycles. The van der Waals surface area contributed by atoms with Crippen LogP contribution in [0.5, 0.6) is 0 Å². The topological polar surface area (TPSA) is 112 Å². The summed E-state index contributed by atoms with van der Waals surface area (Å²) in [5.74, 6) is 1.00. The molecule has 1 aromatic carbocycles. The summed E-state index contributed by atoms with van der Waals surface area (Å²) in [6, 6.07) is 11.8. The van der Waals surface area contributed by atoms with Gasteiger partial charge in [0.2, 0.25) is 5.95 Å². The molecule has 0 aliphatic carbocycles. The number of piperazine rings is 1. The Balaban J connectivity index is 1.38. The number of fused-ring (bicyclic) bond motifs is 1. The molecular weight excluding hydrogens is 418 g/mol. The summed E-state index contributed by atoms with van der Waals surface area (Å²) in [5, 5.41) is 9.08. The lowest BCUT2D eigenvalue weighted by Crippen LogP contribution is -2.45. The predicted molar refractivity (Wildman–Crippen MR) is 128 cm³/mol. The van der Waals surface area contributed by atoms with E-state index < -0.39 is 5.97 Å². The van der Waals surface area contributed by atoms with Gasteiger partial charge in [0.1, 0.15) is 17.3 Å². The third kappa shape index (κ3) is 4.45. The minimum atomic E-state index is -1.03. The molecule has 0 atom stereocenters. The van der Waals surface area contributed by atoms with Gasteiger partial charge in [0, 0.05) is 57.1 Å². The fraction of sp³-hybridized carbons (Fsp3) is 0.333. The molecule has 33 heavy (non-hydrogen) atoms. The average Bonchev–Trinajstić information content (AvgIpc) is 2.83. The Morgan fingerprint density at radius 2 is 1.64 bits per heavy atom. The van der Waals surface area contributed by atoms with Gasteiger partial charge in [-0.2, -0.15) is 9.97 Å². The molecule has 2 aliphatic rings. The molecule has 9 heteroatoms. The largest absolute Gasteiger partial charge is 0.477 e. The smallest absolute Gasteiger partial charge is 0.354 e. The van der Waals surface area contributed by atoms with Gasteiger partial charge in [0.05, 0.1) is 0 Å². The lowest BCUT2D eigenvalue weighted by Gasteiger charge is -2.34. The molecule has 0 unspecified atom stereocenters. The normalized spacial score (nSPS) is 16.5. The summed E-state index contributed by atoms with van der Waals surface area (Å²) in [5.41, 5.74) is 10.6. The van der Waals surface area contributed by atoms with Crippen molar-refractivity contribution in [3.63, 3.8) is 0 Å². The summed E-state index contributed by atoms with van der Waals surface area (Å²) in [7, 11) is 2.13. The van der Waals surface area contributed by atoms with E-state index in [1.54, 1.807) is 12.3 Å². The zero-order chi connectivity index (χ0) is 22.9. The van der Waals surface area contributed by atoms with E-state index in [2.05, 4.69) is 54.9 Å². The number of anilines is 3. The van der Waals surface area contributed by atoms with Crippen LogP contribution < -0.4 is 15.5 Å². The minimum Gasteiger partial charge on any atom is -0.477 e. The van der Waals surface area contributed by atoms with Gasteiger partial charge in [0.25, 0.3) is 0 Å². The summed E-state index contributed by atoms with van der Waals surface area (Å²) < 4.78 is 0. The van der Waals surface area contributed by atoms with Crippen LogP contribution in [0.25, 0.3) is 11.1 Å². The lowest BCUT2D eigenvalue weighted by molar-refractivity contribution is 0.0690. The number of carboxylic acids is 1. The Morgan fingerprint density at radius 1 is 0.909 bits per heavy atom. The van der Waals surface area contributed by atoms with Gasteiger partial charge in [-0.3, -0.25) is 0 Å². The summed E-state index contributed by atoms with van der Waals surface area (Å²) in [6.45, 7) is 5.44. The third-order valence-corrected chi connectivity index (χ3v) is 6.40. The molecule has 5 rings (SSSR count). The average molecular weight is 446 g/mol. The number of likely N-dealkylation sites (N-methyl/N-ethyl adjacent to an activating group) is 1. The van der Waals surface area contributed by atoms with Crippen molar-refractivity contribution in [1.82, 2.24) is 19.9 Å². The number of hydrogen-bond donors (Lipinski definition) is 2. The van der Waals surface area contributed by atoms with E-state index in [0.717, 1.165) is 68.5 Å². The zero-order valence-electron chi connectivity index (χ0n) is 18.6. The van der Waals surface area contributed by atoms with Crippen molar-refractivity contribution >= 4 is 23.6 Å². The highest BCUT2D eigenvalue weighted by Crippen LogP contribution is 2.29. The number of aromatic carboxylic acids is 1. The van der Waals surface area contributed by atoms with Gasteiger partial charge < -0.3 is 25.5 Å². The van der Waals surface area contributed by atoms with Crippen LogP contribution in [0.4, 0.5) is 17.6 Å². The Labute approximate surface area is 192 Å². The quantitative estimate of drug-likeness (QED) is 0.624. The highest BCUT2D eigenvalue weighted by molar-refractivity contribution is 5.85. The molecule has 1 fully saturated rings. The van der Waals surface area contributed by atoms with Crippen LogP contribution in [0.15, 0.2) is 42.6 Å². The number of carbonyl (C=O) groups is 1. The Kier molecular flexibility index (Phi) is 5.55. The second-order valence-corrected chi connectivity index (χ2v) is 8.63. The minimum absolute atomic E-state index is 0.0420. The number of nitrogens with two attached hydrogens (primary N) is 1. The van der Waals surface area contributed by atoms with Crippen molar-refractivity contribution in [2.45, 2.75) is 13.0 Å². The number of nitrogens with zero attached hydrogens (tertiary/aromatic N) is 6. The van der Waals surface area contributed by atoms with Crippen LogP contribution in [0, 0.1) is 0 Å². The number of carboxylic acid groups (broad SMARTS) is 1.